The fourth-order valence-corrected chi connectivity index (χ4v) is 1.38. The lowest BCUT2D eigenvalue weighted by Gasteiger charge is -2.10. The van der Waals surface area contributed by atoms with E-state index in [0.717, 1.165) is 5.92 Å². The number of hydrogen-bond acceptors (Lipinski definition) is 1. The zero-order chi connectivity index (χ0) is 7.82. The molecule has 3 N–H and O–H groups in total. The van der Waals surface area contributed by atoms with Crippen LogP contribution in [0.25, 0.3) is 0 Å². The van der Waals surface area contributed by atoms with Crippen LogP contribution in [0.3, 0.4) is 0 Å². The lowest BCUT2D eigenvalue weighted by atomic mass is 9.96. The van der Waals surface area contributed by atoms with E-state index < -0.39 is 0 Å². The molecule has 0 spiro atoms. The Balaban J connectivity index is -0.000000135. The first-order valence-electron chi connectivity index (χ1n) is 4.85. The number of rotatable bonds is 6. The first-order valence-corrected chi connectivity index (χ1v) is 4.85. The van der Waals surface area contributed by atoms with Crippen molar-refractivity contribution in [2.75, 3.05) is 0 Å². The standard InChI is InChI=1S/C10H22.BrH.ClH.H3N/c1-4-7-8-9-10(5-2)6-3;;;/h10H,4-9H2,1-3H3;2*1H;1H3. The summed E-state index contributed by atoms with van der Waals surface area (Å²) in [5.74, 6) is 1.01. The normalized spacial score (nSPS) is 8.31. The van der Waals surface area contributed by atoms with Gasteiger partial charge in [-0.05, 0) is 5.92 Å². The van der Waals surface area contributed by atoms with Crippen LogP contribution in [0.2, 0.25) is 0 Å². The van der Waals surface area contributed by atoms with Gasteiger partial charge in [0.2, 0.25) is 0 Å². The van der Waals surface area contributed by atoms with Gasteiger partial charge in [0.05, 0.1) is 0 Å². The molecule has 1 nitrogen and oxygen atoms in total. The van der Waals surface area contributed by atoms with E-state index in [1.807, 2.05) is 0 Å². The van der Waals surface area contributed by atoms with Crippen LogP contribution >= 0.6 is 29.4 Å². The van der Waals surface area contributed by atoms with E-state index in [0.29, 0.717) is 0 Å². The quantitative estimate of drug-likeness (QED) is 0.668. The van der Waals surface area contributed by atoms with Gasteiger partial charge < -0.3 is 6.15 Å². The van der Waals surface area contributed by atoms with E-state index in [4.69, 9.17) is 0 Å². The zero-order valence-corrected chi connectivity index (χ0v) is 11.9. The highest BCUT2D eigenvalue weighted by atomic mass is 79.9. The molecule has 0 heterocycles. The van der Waals surface area contributed by atoms with Crippen LogP contribution in [-0.4, -0.2) is 0 Å². The van der Waals surface area contributed by atoms with Gasteiger partial charge in [-0.25, -0.2) is 0 Å². The summed E-state index contributed by atoms with van der Waals surface area (Å²) in [5, 5.41) is 0. The molecule has 0 aliphatic carbocycles. The Morgan fingerprint density at radius 3 is 1.69 bits per heavy atom. The van der Waals surface area contributed by atoms with E-state index in [2.05, 4.69) is 20.8 Å². The van der Waals surface area contributed by atoms with Gasteiger partial charge in [0.15, 0.2) is 0 Å². The molecule has 0 rings (SSSR count). The Morgan fingerprint density at radius 2 is 1.38 bits per heavy atom. The van der Waals surface area contributed by atoms with E-state index in [1.165, 1.54) is 38.5 Å². The maximum absolute atomic E-state index is 2.31. The molecule has 0 aliphatic heterocycles. The molecule has 0 aliphatic rings. The summed E-state index contributed by atoms with van der Waals surface area (Å²) in [6.45, 7) is 6.88. The molecule has 0 atom stereocenters. The van der Waals surface area contributed by atoms with Gasteiger partial charge in [0, 0.05) is 0 Å². The maximum atomic E-state index is 2.31. The van der Waals surface area contributed by atoms with Crippen LogP contribution in [0.5, 0.6) is 0 Å². The third-order valence-electron chi connectivity index (χ3n) is 2.37. The number of unbranched alkanes of at least 4 members (excludes halogenated alkanes) is 2. The Hall–Kier alpha value is 0.730. The molecule has 0 saturated carbocycles. The molecule has 13 heavy (non-hydrogen) atoms. The Labute approximate surface area is 101 Å². The van der Waals surface area contributed by atoms with Crippen molar-refractivity contribution in [3.63, 3.8) is 0 Å². The second kappa shape index (κ2) is 18.5. The highest BCUT2D eigenvalue weighted by Gasteiger charge is 2.00. The van der Waals surface area contributed by atoms with Crippen molar-refractivity contribution >= 4 is 29.4 Å². The zero-order valence-electron chi connectivity index (χ0n) is 9.34. The molecular weight excluding hydrogens is 249 g/mol. The number of halogens is 2. The molecule has 0 saturated heterocycles. The van der Waals surface area contributed by atoms with Gasteiger partial charge in [-0.15, -0.1) is 29.4 Å². The molecule has 86 valence electrons. The lowest BCUT2D eigenvalue weighted by molar-refractivity contribution is 0.432. The summed E-state index contributed by atoms with van der Waals surface area (Å²) in [7, 11) is 0. The van der Waals surface area contributed by atoms with Crippen molar-refractivity contribution in [2.45, 2.75) is 59.3 Å². The van der Waals surface area contributed by atoms with Crippen molar-refractivity contribution in [1.29, 1.82) is 0 Å². The second-order valence-electron chi connectivity index (χ2n) is 3.18. The van der Waals surface area contributed by atoms with Crippen molar-refractivity contribution in [2.24, 2.45) is 5.92 Å². The average molecular weight is 277 g/mol. The smallest absolute Gasteiger partial charge is 0.0420 e. The SMILES string of the molecule is Br.CCCCCC(CC)CC.Cl.N. The van der Waals surface area contributed by atoms with Gasteiger partial charge in [0.1, 0.15) is 0 Å². The minimum Gasteiger partial charge on any atom is -0.344 e. The first kappa shape index (κ1) is 23.5. The Kier molecular flexibility index (Phi) is 33.4. The summed E-state index contributed by atoms with van der Waals surface area (Å²) in [4.78, 5) is 0. The van der Waals surface area contributed by atoms with Crippen LogP contribution < -0.4 is 6.15 Å². The average Bonchev–Trinajstić information content (AvgIpc) is 1.99. The fourth-order valence-electron chi connectivity index (χ4n) is 1.38. The van der Waals surface area contributed by atoms with E-state index >= 15 is 0 Å². The topological polar surface area (TPSA) is 35.0 Å². The maximum Gasteiger partial charge on any atom is -0.0420 e. The summed E-state index contributed by atoms with van der Waals surface area (Å²) in [5.41, 5.74) is 0. The predicted molar refractivity (Wildman–Crippen MR) is 70.8 cm³/mol. The summed E-state index contributed by atoms with van der Waals surface area (Å²) < 4.78 is 0. The first-order chi connectivity index (χ1) is 4.85. The lowest BCUT2D eigenvalue weighted by Crippen LogP contribution is -1.95. The Morgan fingerprint density at radius 1 is 0.923 bits per heavy atom. The van der Waals surface area contributed by atoms with Crippen molar-refractivity contribution in [3.05, 3.63) is 0 Å². The van der Waals surface area contributed by atoms with E-state index in [1.54, 1.807) is 0 Å². The largest absolute Gasteiger partial charge is 0.344 e. The van der Waals surface area contributed by atoms with Gasteiger partial charge >= 0.3 is 0 Å². The molecular formula is C10H27BrClN. The van der Waals surface area contributed by atoms with Gasteiger partial charge in [0.25, 0.3) is 0 Å². The minimum absolute atomic E-state index is 0. The fraction of sp³-hybridized carbons (Fsp3) is 1.00. The monoisotopic (exact) mass is 275 g/mol. The van der Waals surface area contributed by atoms with Crippen molar-refractivity contribution < 1.29 is 0 Å². The van der Waals surface area contributed by atoms with Gasteiger partial charge in [-0.3, -0.25) is 0 Å². The van der Waals surface area contributed by atoms with Crippen LogP contribution in [0.15, 0.2) is 0 Å². The summed E-state index contributed by atoms with van der Waals surface area (Å²) >= 11 is 0. The van der Waals surface area contributed by atoms with Gasteiger partial charge in [-0.1, -0.05) is 59.3 Å². The Bertz CT molecular complexity index is 67.9. The molecule has 0 radical (unpaired) electrons. The predicted octanol–water partition coefficient (Wildman–Crippen LogP) is 5.16. The minimum atomic E-state index is 0. The van der Waals surface area contributed by atoms with Crippen LogP contribution in [0.1, 0.15) is 59.3 Å². The third-order valence-corrected chi connectivity index (χ3v) is 2.37. The van der Waals surface area contributed by atoms with Crippen LogP contribution in [0, 0.1) is 5.92 Å². The molecule has 0 aromatic carbocycles. The third kappa shape index (κ3) is 15.5. The van der Waals surface area contributed by atoms with E-state index in [9.17, 15) is 0 Å². The molecule has 0 bridgehead atoms. The molecule has 0 amide bonds. The van der Waals surface area contributed by atoms with E-state index in [-0.39, 0.29) is 35.5 Å². The highest BCUT2D eigenvalue weighted by molar-refractivity contribution is 8.93. The van der Waals surface area contributed by atoms with Crippen LogP contribution in [0.4, 0.5) is 0 Å². The summed E-state index contributed by atoms with van der Waals surface area (Å²) in [6.07, 6.45) is 8.45. The van der Waals surface area contributed by atoms with Crippen LogP contribution in [-0.2, 0) is 0 Å². The molecule has 3 heteroatoms. The molecule has 0 unspecified atom stereocenters. The molecule has 0 aromatic rings. The highest BCUT2D eigenvalue weighted by Crippen LogP contribution is 2.16. The summed E-state index contributed by atoms with van der Waals surface area (Å²) in [6, 6.07) is 0. The second-order valence-corrected chi connectivity index (χ2v) is 3.18. The number of hydrogen-bond donors (Lipinski definition) is 1. The molecule has 0 fully saturated rings. The molecule has 0 aromatic heterocycles. The van der Waals surface area contributed by atoms with Crippen molar-refractivity contribution in [1.82, 2.24) is 6.15 Å². The van der Waals surface area contributed by atoms with Crippen molar-refractivity contribution in [3.8, 4) is 0 Å². The van der Waals surface area contributed by atoms with Gasteiger partial charge in [-0.2, -0.15) is 0 Å².